The van der Waals surface area contributed by atoms with Crippen LogP contribution in [0.3, 0.4) is 0 Å². The van der Waals surface area contributed by atoms with Crippen molar-refractivity contribution in [3.63, 3.8) is 0 Å². The summed E-state index contributed by atoms with van der Waals surface area (Å²) in [7, 11) is 0. The molecule has 0 aliphatic rings. The molecule has 1 heterocycles. The smallest absolute Gasteiger partial charge is 0.286 e. The number of carbonyl (C=O) groups is 1. The molecule has 1 atom stereocenters. The first-order valence-electron chi connectivity index (χ1n) is 6.14. The summed E-state index contributed by atoms with van der Waals surface area (Å²) < 4.78 is 5.41. The first-order chi connectivity index (χ1) is 8.67. The summed E-state index contributed by atoms with van der Waals surface area (Å²) in [5, 5.41) is 11.7. The van der Waals surface area contributed by atoms with Gasteiger partial charge in [-0.1, -0.05) is 6.92 Å². The minimum atomic E-state index is -0.168. The Morgan fingerprint density at radius 1 is 1.56 bits per heavy atom. The van der Waals surface area contributed by atoms with E-state index in [0.29, 0.717) is 18.2 Å². The Morgan fingerprint density at radius 2 is 2.33 bits per heavy atom. The van der Waals surface area contributed by atoms with E-state index in [2.05, 4.69) is 5.32 Å². The number of aliphatic hydroxyl groups is 1. The van der Waals surface area contributed by atoms with E-state index in [1.165, 1.54) is 0 Å². The predicted octanol–water partition coefficient (Wildman–Crippen LogP) is 2.28. The van der Waals surface area contributed by atoms with E-state index in [1.54, 1.807) is 17.8 Å². The molecule has 0 saturated heterocycles. The molecule has 0 aliphatic heterocycles. The largest absolute Gasteiger partial charge is 0.455 e. The van der Waals surface area contributed by atoms with Gasteiger partial charge < -0.3 is 14.8 Å². The van der Waals surface area contributed by atoms with E-state index in [1.807, 2.05) is 19.2 Å². The minimum Gasteiger partial charge on any atom is -0.455 e. The molecule has 0 bridgehead atoms. The summed E-state index contributed by atoms with van der Waals surface area (Å²) in [6.45, 7) is 2.80. The highest BCUT2D eigenvalue weighted by Gasteiger charge is 2.10. The van der Waals surface area contributed by atoms with Crippen molar-refractivity contribution in [2.75, 3.05) is 19.4 Å². The van der Waals surface area contributed by atoms with E-state index in [4.69, 9.17) is 9.52 Å². The van der Waals surface area contributed by atoms with Crippen LogP contribution in [-0.4, -0.2) is 30.4 Å². The first kappa shape index (κ1) is 15.1. The Morgan fingerprint density at radius 3 is 3.00 bits per heavy atom. The molecule has 18 heavy (non-hydrogen) atoms. The van der Waals surface area contributed by atoms with Gasteiger partial charge >= 0.3 is 0 Å². The summed E-state index contributed by atoms with van der Waals surface area (Å²) in [6, 6.07) is 3.54. The van der Waals surface area contributed by atoms with Crippen LogP contribution < -0.4 is 5.32 Å². The molecule has 1 unspecified atom stereocenters. The molecular weight excluding hydrogens is 250 g/mol. The van der Waals surface area contributed by atoms with Gasteiger partial charge in [-0.25, -0.2) is 0 Å². The van der Waals surface area contributed by atoms with Crippen LogP contribution in [0.1, 0.15) is 36.1 Å². The average Bonchev–Trinajstić information content (AvgIpc) is 2.83. The molecule has 0 aromatic carbocycles. The van der Waals surface area contributed by atoms with E-state index < -0.39 is 0 Å². The van der Waals surface area contributed by atoms with Gasteiger partial charge in [-0.2, -0.15) is 11.8 Å². The summed E-state index contributed by atoms with van der Waals surface area (Å²) in [5.41, 5.74) is 0. The molecule has 1 amide bonds. The predicted molar refractivity (Wildman–Crippen MR) is 73.7 cm³/mol. The van der Waals surface area contributed by atoms with Crippen LogP contribution in [0.25, 0.3) is 0 Å². The van der Waals surface area contributed by atoms with Gasteiger partial charge in [0.15, 0.2) is 5.76 Å². The van der Waals surface area contributed by atoms with Crippen LogP contribution in [0.5, 0.6) is 0 Å². The van der Waals surface area contributed by atoms with Crippen molar-refractivity contribution >= 4 is 17.7 Å². The molecule has 4 nitrogen and oxygen atoms in total. The zero-order valence-electron chi connectivity index (χ0n) is 10.9. The number of amides is 1. The molecule has 1 aromatic rings. The van der Waals surface area contributed by atoms with Crippen LogP contribution in [0.4, 0.5) is 0 Å². The van der Waals surface area contributed by atoms with Crippen molar-refractivity contribution in [1.82, 2.24) is 5.32 Å². The minimum absolute atomic E-state index is 0.168. The zero-order chi connectivity index (χ0) is 13.4. The van der Waals surface area contributed by atoms with E-state index >= 15 is 0 Å². The number of thioether (sulfide) groups is 1. The lowest BCUT2D eigenvalue weighted by Crippen LogP contribution is -2.24. The van der Waals surface area contributed by atoms with Crippen molar-refractivity contribution in [1.29, 1.82) is 0 Å². The second kappa shape index (κ2) is 8.21. The normalized spacial score (nSPS) is 12.4. The highest BCUT2D eigenvalue weighted by molar-refractivity contribution is 7.97. The summed E-state index contributed by atoms with van der Waals surface area (Å²) in [4.78, 5) is 11.7. The number of hydrogen-bond acceptors (Lipinski definition) is 4. The molecule has 2 N–H and O–H groups in total. The Bertz CT molecular complexity index is 365. The lowest BCUT2D eigenvalue weighted by molar-refractivity contribution is 0.0923. The fourth-order valence-electron chi connectivity index (χ4n) is 1.55. The first-order valence-corrected chi connectivity index (χ1v) is 7.53. The lowest BCUT2D eigenvalue weighted by atomic mass is 10.1. The molecule has 102 valence electrons. The van der Waals surface area contributed by atoms with Crippen LogP contribution >= 0.6 is 11.8 Å². The standard InChI is InChI=1S/C13H21NO3S/c1-10(8-15)4-3-7-14-13(16)12-6-5-11(17-12)9-18-2/h5-6,10,15H,3-4,7-9H2,1-2H3,(H,14,16). The summed E-state index contributed by atoms with van der Waals surface area (Å²) in [6.07, 6.45) is 3.77. The van der Waals surface area contributed by atoms with Crippen LogP contribution in [0, 0.1) is 5.92 Å². The maximum Gasteiger partial charge on any atom is 0.286 e. The summed E-state index contributed by atoms with van der Waals surface area (Å²) >= 11 is 1.66. The van der Waals surface area contributed by atoms with Gasteiger partial charge in [0.25, 0.3) is 5.91 Å². The van der Waals surface area contributed by atoms with Gasteiger partial charge in [-0.15, -0.1) is 0 Å². The number of aliphatic hydroxyl groups excluding tert-OH is 1. The molecule has 1 rings (SSSR count). The number of furan rings is 1. The SMILES string of the molecule is CSCc1ccc(C(=O)NCCCC(C)CO)o1. The molecule has 0 saturated carbocycles. The van der Waals surface area contributed by atoms with Gasteiger partial charge in [0, 0.05) is 13.2 Å². The van der Waals surface area contributed by atoms with Crippen molar-refractivity contribution in [3.05, 3.63) is 23.7 Å². The van der Waals surface area contributed by atoms with Gasteiger partial charge in [0.2, 0.25) is 0 Å². The topological polar surface area (TPSA) is 62.5 Å². The molecular formula is C13H21NO3S. The maximum atomic E-state index is 11.7. The van der Waals surface area contributed by atoms with Gasteiger partial charge in [0.1, 0.15) is 5.76 Å². The Balaban J connectivity index is 2.27. The van der Waals surface area contributed by atoms with E-state index in [-0.39, 0.29) is 12.5 Å². The third kappa shape index (κ3) is 5.14. The third-order valence-corrected chi connectivity index (χ3v) is 3.22. The van der Waals surface area contributed by atoms with E-state index in [9.17, 15) is 4.79 Å². The molecule has 0 aliphatic carbocycles. The number of hydrogen-bond donors (Lipinski definition) is 2. The highest BCUT2D eigenvalue weighted by atomic mass is 32.2. The van der Waals surface area contributed by atoms with Crippen molar-refractivity contribution in [3.8, 4) is 0 Å². The fourth-order valence-corrected chi connectivity index (χ4v) is 1.99. The van der Waals surface area contributed by atoms with Crippen molar-refractivity contribution in [2.45, 2.75) is 25.5 Å². The Kier molecular flexibility index (Phi) is 6.90. The van der Waals surface area contributed by atoms with Crippen molar-refractivity contribution < 1.29 is 14.3 Å². The fraction of sp³-hybridized carbons (Fsp3) is 0.615. The monoisotopic (exact) mass is 271 g/mol. The van der Waals surface area contributed by atoms with Crippen molar-refractivity contribution in [2.24, 2.45) is 5.92 Å². The second-order valence-corrected chi connectivity index (χ2v) is 5.25. The third-order valence-electron chi connectivity index (χ3n) is 2.64. The van der Waals surface area contributed by atoms with Crippen LogP contribution in [-0.2, 0) is 5.75 Å². The highest BCUT2D eigenvalue weighted by Crippen LogP contribution is 2.13. The van der Waals surface area contributed by atoms with Crippen LogP contribution in [0.2, 0.25) is 0 Å². The van der Waals surface area contributed by atoms with Gasteiger partial charge in [0.05, 0.1) is 5.75 Å². The lowest BCUT2D eigenvalue weighted by Gasteiger charge is -2.07. The molecule has 0 spiro atoms. The average molecular weight is 271 g/mol. The second-order valence-electron chi connectivity index (χ2n) is 4.38. The van der Waals surface area contributed by atoms with Crippen LogP contribution in [0.15, 0.2) is 16.5 Å². The molecule has 0 radical (unpaired) electrons. The quantitative estimate of drug-likeness (QED) is 0.712. The number of nitrogens with one attached hydrogen (secondary N) is 1. The Labute approximate surface area is 112 Å². The van der Waals surface area contributed by atoms with Gasteiger partial charge in [-0.05, 0) is 37.1 Å². The summed E-state index contributed by atoms with van der Waals surface area (Å²) in [5.74, 6) is 2.09. The molecule has 5 heteroatoms. The number of rotatable bonds is 8. The Hall–Kier alpha value is -0.940. The molecule has 1 aromatic heterocycles. The number of carbonyl (C=O) groups excluding carboxylic acids is 1. The maximum absolute atomic E-state index is 11.7. The van der Waals surface area contributed by atoms with E-state index in [0.717, 1.165) is 24.4 Å². The molecule has 0 fully saturated rings. The van der Waals surface area contributed by atoms with Gasteiger partial charge in [-0.3, -0.25) is 4.79 Å². The zero-order valence-corrected chi connectivity index (χ0v) is 11.8.